The summed E-state index contributed by atoms with van der Waals surface area (Å²) in [5.74, 6) is 0.414. The monoisotopic (exact) mass is 474 g/mol. The highest BCUT2D eigenvalue weighted by atomic mass is 16.3. The average Bonchev–Trinajstić information content (AvgIpc) is 3.25. The lowest BCUT2D eigenvalue weighted by atomic mass is 10.1. The second kappa shape index (κ2) is 9.59. The molecule has 5 N–H and O–H groups in total. The van der Waals surface area contributed by atoms with E-state index < -0.39 is 10.9 Å². The van der Waals surface area contributed by atoms with Crippen molar-refractivity contribution in [1.82, 2.24) is 15.1 Å². The number of hydrogen-bond donors (Lipinski definition) is 5. The zero-order chi connectivity index (χ0) is 24.4. The van der Waals surface area contributed by atoms with E-state index in [0.717, 1.165) is 37.0 Å². The van der Waals surface area contributed by atoms with Crippen molar-refractivity contribution in [3.05, 3.63) is 68.5 Å². The Morgan fingerprint density at radius 2 is 1.83 bits per heavy atom. The summed E-state index contributed by atoms with van der Waals surface area (Å²) in [4.78, 5) is 39.0. The summed E-state index contributed by atoms with van der Waals surface area (Å²) < 4.78 is 0. The maximum Gasteiger partial charge on any atom is 0.253 e. The Kier molecular flexibility index (Phi) is 6.19. The SMILES string of the molecule is O=C(CN1CCCCC1)Nc1n[nH]c2ccc(Nc3c(NCc4cccc(O)c4)c(=O)c3=O)cc12. The number of benzene rings is 2. The normalized spacial score (nSPS) is 14.3. The van der Waals surface area contributed by atoms with Crippen molar-refractivity contribution in [2.24, 2.45) is 0 Å². The van der Waals surface area contributed by atoms with Gasteiger partial charge in [0.15, 0.2) is 5.82 Å². The molecular formula is C25H26N6O4. The topological polar surface area (TPSA) is 139 Å². The van der Waals surface area contributed by atoms with E-state index in [0.29, 0.717) is 23.4 Å². The number of likely N-dealkylation sites (tertiary alicyclic amines) is 1. The molecule has 0 aliphatic carbocycles. The minimum atomic E-state index is -0.606. The first-order chi connectivity index (χ1) is 17.0. The van der Waals surface area contributed by atoms with Crippen molar-refractivity contribution < 1.29 is 9.90 Å². The molecule has 2 heterocycles. The molecule has 5 rings (SSSR count). The van der Waals surface area contributed by atoms with Crippen LogP contribution in [0.3, 0.4) is 0 Å². The van der Waals surface area contributed by atoms with Gasteiger partial charge >= 0.3 is 0 Å². The van der Waals surface area contributed by atoms with Gasteiger partial charge < -0.3 is 21.1 Å². The molecule has 10 nitrogen and oxygen atoms in total. The van der Waals surface area contributed by atoms with Gasteiger partial charge in [-0.3, -0.25) is 24.4 Å². The van der Waals surface area contributed by atoms with Crippen molar-refractivity contribution in [1.29, 1.82) is 0 Å². The number of rotatable bonds is 8. The number of hydrogen-bond acceptors (Lipinski definition) is 8. The van der Waals surface area contributed by atoms with Gasteiger partial charge in [0.25, 0.3) is 10.9 Å². The second-order valence-corrected chi connectivity index (χ2v) is 8.77. The molecule has 10 heteroatoms. The number of amides is 1. The van der Waals surface area contributed by atoms with Gasteiger partial charge in [-0.2, -0.15) is 5.10 Å². The van der Waals surface area contributed by atoms with Crippen LogP contribution < -0.4 is 26.8 Å². The maximum atomic E-state index is 12.5. The largest absolute Gasteiger partial charge is 0.508 e. The first-order valence-corrected chi connectivity index (χ1v) is 11.6. The molecule has 1 aliphatic rings. The number of carbonyl (C=O) groups is 1. The fraction of sp³-hybridized carbons (Fsp3) is 0.280. The molecule has 0 atom stereocenters. The number of piperidine rings is 1. The van der Waals surface area contributed by atoms with Crippen molar-refractivity contribution in [3.8, 4) is 5.75 Å². The number of aromatic amines is 1. The van der Waals surface area contributed by atoms with Crippen LogP contribution >= 0.6 is 0 Å². The summed E-state index contributed by atoms with van der Waals surface area (Å²) in [6.45, 7) is 2.45. The van der Waals surface area contributed by atoms with Crippen LogP contribution in [-0.2, 0) is 11.3 Å². The Morgan fingerprint density at radius 3 is 2.63 bits per heavy atom. The Bertz CT molecular complexity index is 1450. The summed E-state index contributed by atoms with van der Waals surface area (Å²) >= 11 is 0. The first kappa shape index (κ1) is 22.6. The standard InChI is InChI=1S/C25H26N6O4/c32-17-6-4-5-15(11-17)13-26-21-22(24(35)23(21)34)27-16-7-8-19-18(12-16)25(30-29-19)28-20(33)14-31-9-2-1-3-10-31/h4-8,11-12,26-27,32H,1-3,9-10,13-14H2,(H2,28,29,30,33). The van der Waals surface area contributed by atoms with E-state index in [9.17, 15) is 19.5 Å². The zero-order valence-corrected chi connectivity index (χ0v) is 19.1. The molecule has 0 unspecified atom stereocenters. The van der Waals surface area contributed by atoms with Crippen LogP contribution in [0.4, 0.5) is 22.9 Å². The molecule has 4 aromatic rings. The third-order valence-electron chi connectivity index (χ3n) is 6.20. The number of fused-ring (bicyclic) bond motifs is 1. The van der Waals surface area contributed by atoms with Crippen molar-refractivity contribution in [3.63, 3.8) is 0 Å². The van der Waals surface area contributed by atoms with E-state index in [1.807, 2.05) is 0 Å². The smallest absolute Gasteiger partial charge is 0.253 e. The predicted molar refractivity (Wildman–Crippen MR) is 135 cm³/mol. The molecule has 3 aromatic carbocycles. The number of aromatic hydroxyl groups is 1. The summed E-state index contributed by atoms with van der Waals surface area (Å²) in [6.07, 6.45) is 3.42. The molecule has 1 amide bonds. The summed E-state index contributed by atoms with van der Waals surface area (Å²) in [7, 11) is 0. The Labute approximate surface area is 200 Å². The molecule has 1 saturated heterocycles. The highest BCUT2D eigenvalue weighted by Crippen LogP contribution is 2.28. The summed E-state index contributed by atoms with van der Waals surface area (Å²) in [5.41, 5.74) is 1.26. The van der Waals surface area contributed by atoms with Crippen LogP contribution in [0.15, 0.2) is 52.1 Å². The molecule has 180 valence electrons. The van der Waals surface area contributed by atoms with Gasteiger partial charge in [0.1, 0.15) is 17.1 Å². The van der Waals surface area contributed by atoms with Gasteiger partial charge in [-0.1, -0.05) is 18.6 Å². The van der Waals surface area contributed by atoms with Crippen LogP contribution in [0.1, 0.15) is 24.8 Å². The van der Waals surface area contributed by atoms with E-state index in [1.165, 1.54) is 6.42 Å². The average molecular weight is 475 g/mol. The molecule has 0 bridgehead atoms. The van der Waals surface area contributed by atoms with Gasteiger partial charge in [-0.05, 0) is 61.8 Å². The fourth-order valence-corrected chi connectivity index (χ4v) is 4.36. The lowest BCUT2D eigenvalue weighted by Crippen LogP contribution is -2.36. The molecule has 0 saturated carbocycles. The molecule has 1 aromatic heterocycles. The number of nitrogens with zero attached hydrogens (tertiary/aromatic N) is 2. The highest BCUT2D eigenvalue weighted by Gasteiger charge is 2.21. The summed E-state index contributed by atoms with van der Waals surface area (Å²) in [5, 5.41) is 26.3. The molecule has 1 aliphatic heterocycles. The highest BCUT2D eigenvalue weighted by molar-refractivity contribution is 6.01. The Morgan fingerprint density at radius 1 is 1.03 bits per heavy atom. The van der Waals surface area contributed by atoms with Gasteiger partial charge in [-0.15, -0.1) is 0 Å². The van der Waals surface area contributed by atoms with Gasteiger partial charge in [0.05, 0.1) is 12.1 Å². The maximum absolute atomic E-state index is 12.5. The molecular weight excluding hydrogens is 448 g/mol. The molecule has 35 heavy (non-hydrogen) atoms. The van der Waals surface area contributed by atoms with Gasteiger partial charge in [0, 0.05) is 17.6 Å². The number of phenols is 1. The number of anilines is 4. The van der Waals surface area contributed by atoms with Crippen LogP contribution in [0, 0.1) is 0 Å². The number of nitrogens with one attached hydrogen (secondary N) is 4. The quantitative estimate of drug-likeness (QED) is 0.246. The van der Waals surface area contributed by atoms with E-state index in [-0.39, 0.29) is 29.6 Å². The van der Waals surface area contributed by atoms with E-state index in [2.05, 4.69) is 31.0 Å². The van der Waals surface area contributed by atoms with Crippen LogP contribution in [0.5, 0.6) is 5.75 Å². The lowest BCUT2D eigenvalue weighted by Gasteiger charge is -2.25. The van der Waals surface area contributed by atoms with E-state index in [1.54, 1.807) is 42.5 Å². The van der Waals surface area contributed by atoms with Crippen LogP contribution in [-0.4, -0.2) is 45.7 Å². The summed E-state index contributed by atoms with van der Waals surface area (Å²) in [6, 6.07) is 12.0. The van der Waals surface area contributed by atoms with Gasteiger partial charge in [0.2, 0.25) is 5.91 Å². The van der Waals surface area contributed by atoms with Crippen LogP contribution in [0.2, 0.25) is 0 Å². The van der Waals surface area contributed by atoms with E-state index >= 15 is 0 Å². The predicted octanol–water partition coefficient (Wildman–Crippen LogP) is 2.64. The van der Waals surface area contributed by atoms with E-state index in [4.69, 9.17) is 0 Å². The third kappa shape index (κ3) is 4.87. The Balaban J connectivity index is 1.29. The molecule has 0 radical (unpaired) electrons. The lowest BCUT2D eigenvalue weighted by molar-refractivity contribution is -0.117. The number of carbonyl (C=O) groups excluding carboxylic acids is 1. The zero-order valence-electron chi connectivity index (χ0n) is 19.1. The van der Waals surface area contributed by atoms with Crippen molar-refractivity contribution >= 4 is 39.7 Å². The first-order valence-electron chi connectivity index (χ1n) is 11.6. The number of aromatic nitrogens is 2. The number of phenolic OH excluding ortho intramolecular Hbond substituents is 1. The minimum Gasteiger partial charge on any atom is -0.508 e. The van der Waals surface area contributed by atoms with Crippen molar-refractivity contribution in [2.75, 3.05) is 35.6 Å². The second-order valence-electron chi connectivity index (χ2n) is 8.77. The molecule has 1 fully saturated rings. The third-order valence-corrected chi connectivity index (χ3v) is 6.20. The van der Waals surface area contributed by atoms with Crippen molar-refractivity contribution in [2.45, 2.75) is 25.8 Å². The van der Waals surface area contributed by atoms with Gasteiger partial charge in [-0.25, -0.2) is 0 Å². The fourth-order valence-electron chi connectivity index (χ4n) is 4.36. The van der Waals surface area contributed by atoms with Crippen LogP contribution in [0.25, 0.3) is 10.9 Å². The molecule has 0 spiro atoms. The Hall–Kier alpha value is -4.18. The minimum absolute atomic E-state index is 0.125. The number of H-pyrrole nitrogens is 1.